The molecule has 1 aromatic carbocycles. The van der Waals surface area contributed by atoms with Crippen molar-refractivity contribution in [2.75, 3.05) is 18.4 Å². The van der Waals surface area contributed by atoms with Gasteiger partial charge in [0.1, 0.15) is 5.76 Å². The lowest BCUT2D eigenvalue weighted by Gasteiger charge is -2.20. The van der Waals surface area contributed by atoms with Crippen LogP contribution in [0.25, 0.3) is 0 Å². The van der Waals surface area contributed by atoms with Crippen molar-refractivity contribution >= 4 is 11.7 Å². The maximum atomic E-state index is 12.1. The molecule has 0 unspecified atom stereocenters. The zero-order chi connectivity index (χ0) is 15.1. The van der Waals surface area contributed by atoms with Crippen molar-refractivity contribution < 1.29 is 9.32 Å². The van der Waals surface area contributed by atoms with Gasteiger partial charge in [-0.3, -0.25) is 9.69 Å². The minimum Gasteiger partial charge on any atom is -0.360 e. The summed E-state index contributed by atoms with van der Waals surface area (Å²) >= 11 is 0. The molecular weight excluding hydrogens is 266 g/mol. The molecule has 1 N–H and O–H groups in total. The number of anilines is 1. The molecule has 0 aliphatic heterocycles. The number of nitrogens with one attached hydrogen (secondary N) is 1. The molecule has 0 saturated carbocycles. The Morgan fingerprint density at radius 3 is 2.71 bits per heavy atom. The Morgan fingerprint density at radius 2 is 2.10 bits per heavy atom. The molecule has 0 aliphatic rings. The molecular formula is C16H21N3O2. The van der Waals surface area contributed by atoms with Gasteiger partial charge in [0.25, 0.3) is 0 Å². The van der Waals surface area contributed by atoms with Gasteiger partial charge in [-0.05, 0) is 25.5 Å². The first-order valence-electron chi connectivity index (χ1n) is 7.17. The molecule has 2 aromatic rings. The number of nitrogens with zero attached hydrogens (tertiary/aromatic N) is 2. The fraction of sp³-hybridized carbons (Fsp3) is 0.375. The fourth-order valence-electron chi connectivity index (χ4n) is 2.18. The van der Waals surface area contributed by atoms with Crippen LogP contribution in [0.15, 0.2) is 40.9 Å². The second kappa shape index (κ2) is 7.59. The van der Waals surface area contributed by atoms with Crippen molar-refractivity contribution in [2.45, 2.75) is 26.8 Å². The van der Waals surface area contributed by atoms with Gasteiger partial charge >= 0.3 is 0 Å². The maximum absolute atomic E-state index is 12.1. The highest BCUT2D eigenvalue weighted by Crippen LogP contribution is 2.08. The maximum Gasteiger partial charge on any atom is 0.239 e. The van der Waals surface area contributed by atoms with Gasteiger partial charge < -0.3 is 9.84 Å². The predicted molar refractivity (Wildman–Crippen MR) is 81.9 cm³/mol. The monoisotopic (exact) mass is 287 g/mol. The van der Waals surface area contributed by atoms with E-state index in [9.17, 15) is 4.79 Å². The van der Waals surface area contributed by atoms with E-state index in [2.05, 4.69) is 34.4 Å². The normalized spacial score (nSPS) is 10.8. The van der Waals surface area contributed by atoms with Crippen LogP contribution in [0.3, 0.4) is 0 Å². The van der Waals surface area contributed by atoms with Crippen molar-refractivity contribution in [3.05, 3.63) is 47.7 Å². The molecule has 2 rings (SSSR count). The van der Waals surface area contributed by atoms with E-state index >= 15 is 0 Å². The van der Waals surface area contributed by atoms with Gasteiger partial charge in [-0.25, -0.2) is 0 Å². The Hall–Kier alpha value is -2.14. The average Bonchev–Trinajstić information content (AvgIpc) is 2.85. The molecule has 0 spiro atoms. The Kier molecular flexibility index (Phi) is 5.51. The first kappa shape index (κ1) is 15.3. The van der Waals surface area contributed by atoms with E-state index in [4.69, 9.17) is 4.52 Å². The lowest BCUT2D eigenvalue weighted by molar-refractivity contribution is -0.117. The number of carbonyl (C=O) groups excluding carboxylic acids is 1. The minimum absolute atomic E-state index is 0.0762. The van der Waals surface area contributed by atoms with E-state index in [1.807, 2.05) is 18.2 Å². The summed E-state index contributed by atoms with van der Waals surface area (Å²) in [6.45, 7) is 5.88. The molecule has 112 valence electrons. The topological polar surface area (TPSA) is 58.4 Å². The largest absolute Gasteiger partial charge is 0.360 e. The lowest BCUT2D eigenvalue weighted by atomic mass is 10.2. The van der Waals surface area contributed by atoms with Crippen LogP contribution < -0.4 is 5.32 Å². The third-order valence-electron chi connectivity index (χ3n) is 3.05. The minimum atomic E-state index is -0.0762. The molecule has 1 amide bonds. The number of rotatable bonds is 7. The summed E-state index contributed by atoms with van der Waals surface area (Å²) in [5.41, 5.74) is 1.20. The first-order valence-corrected chi connectivity index (χ1v) is 7.17. The summed E-state index contributed by atoms with van der Waals surface area (Å²) in [7, 11) is 0. The van der Waals surface area contributed by atoms with E-state index in [0.717, 1.165) is 19.5 Å². The number of aryl methyl sites for hydroxylation is 1. The molecule has 0 fully saturated rings. The van der Waals surface area contributed by atoms with Crippen molar-refractivity contribution in [1.82, 2.24) is 10.1 Å². The van der Waals surface area contributed by atoms with Crippen LogP contribution in [0.4, 0.5) is 5.82 Å². The van der Waals surface area contributed by atoms with Gasteiger partial charge in [0, 0.05) is 12.6 Å². The Bertz CT molecular complexity index is 566. The van der Waals surface area contributed by atoms with E-state index < -0.39 is 0 Å². The standard InChI is InChI=1S/C16H21N3O2/c1-3-9-19(11-14-7-5-4-6-8-14)12-16(20)17-15-10-13(2)21-18-15/h4-8,10H,3,9,11-12H2,1-2H3,(H,17,18,20). The van der Waals surface area contributed by atoms with Crippen LogP contribution in [0.5, 0.6) is 0 Å². The molecule has 0 radical (unpaired) electrons. The fourth-order valence-corrected chi connectivity index (χ4v) is 2.18. The van der Waals surface area contributed by atoms with Gasteiger partial charge in [0.2, 0.25) is 5.91 Å². The number of carbonyl (C=O) groups is 1. The second-order valence-corrected chi connectivity index (χ2v) is 5.07. The van der Waals surface area contributed by atoms with Gasteiger partial charge in [-0.2, -0.15) is 0 Å². The molecule has 5 nitrogen and oxygen atoms in total. The number of aromatic nitrogens is 1. The SMILES string of the molecule is CCCN(CC(=O)Nc1cc(C)on1)Cc1ccccc1. The highest BCUT2D eigenvalue weighted by molar-refractivity contribution is 5.91. The van der Waals surface area contributed by atoms with E-state index in [1.54, 1.807) is 13.0 Å². The van der Waals surface area contributed by atoms with Gasteiger partial charge in [0.05, 0.1) is 6.54 Å². The van der Waals surface area contributed by atoms with Crippen LogP contribution in [0.2, 0.25) is 0 Å². The number of hydrogen-bond donors (Lipinski definition) is 1. The Morgan fingerprint density at radius 1 is 1.33 bits per heavy atom. The Balaban J connectivity index is 1.91. The number of amides is 1. The molecule has 0 aliphatic carbocycles. The summed E-state index contributed by atoms with van der Waals surface area (Å²) in [6, 6.07) is 11.9. The van der Waals surface area contributed by atoms with Crippen LogP contribution >= 0.6 is 0 Å². The highest BCUT2D eigenvalue weighted by Gasteiger charge is 2.12. The summed E-state index contributed by atoms with van der Waals surface area (Å²) < 4.78 is 4.94. The third kappa shape index (κ3) is 5.04. The van der Waals surface area contributed by atoms with Crippen molar-refractivity contribution in [3.8, 4) is 0 Å². The first-order chi connectivity index (χ1) is 10.2. The molecule has 1 aromatic heterocycles. The van der Waals surface area contributed by atoms with E-state index in [0.29, 0.717) is 18.1 Å². The van der Waals surface area contributed by atoms with E-state index in [1.165, 1.54) is 5.56 Å². The molecule has 0 atom stereocenters. The quantitative estimate of drug-likeness (QED) is 0.850. The van der Waals surface area contributed by atoms with Gasteiger partial charge in [-0.15, -0.1) is 0 Å². The van der Waals surface area contributed by atoms with Crippen LogP contribution in [-0.2, 0) is 11.3 Å². The van der Waals surface area contributed by atoms with E-state index in [-0.39, 0.29) is 5.91 Å². The van der Waals surface area contributed by atoms with Gasteiger partial charge in [0.15, 0.2) is 5.82 Å². The Labute approximate surface area is 124 Å². The van der Waals surface area contributed by atoms with Crippen LogP contribution in [0, 0.1) is 6.92 Å². The van der Waals surface area contributed by atoms with Crippen molar-refractivity contribution in [1.29, 1.82) is 0 Å². The highest BCUT2D eigenvalue weighted by atomic mass is 16.5. The third-order valence-corrected chi connectivity index (χ3v) is 3.05. The summed E-state index contributed by atoms with van der Waals surface area (Å²) in [5, 5.41) is 6.52. The van der Waals surface area contributed by atoms with Crippen molar-refractivity contribution in [2.24, 2.45) is 0 Å². The smallest absolute Gasteiger partial charge is 0.239 e. The lowest BCUT2D eigenvalue weighted by Crippen LogP contribution is -2.33. The van der Waals surface area contributed by atoms with Crippen LogP contribution in [-0.4, -0.2) is 29.1 Å². The van der Waals surface area contributed by atoms with Crippen molar-refractivity contribution in [3.63, 3.8) is 0 Å². The molecule has 1 heterocycles. The summed E-state index contributed by atoms with van der Waals surface area (Å²) in [4.78, 5) is 14.2. The number of benzene rings is 1. The summed E-state index contributed by atoms with van der Waals surface area (Å²) in [6.07, 6.45) is 1.00. The molecule has 0 bridgehead atoms. The molecule has 21 heavy (non-hydrogen) atoms. The molecule has 5 heteroatoms. The molecule has 0 saturated heterocycles. The zero-order valence-corrected chi connectivity index (χ0v) is 12.5. The van der Waals surface area contributed by atoms with Gasteiger partial charge in [-0.1, -0.05) is 42.4 Å². The average molecular weight is 287 g/mol. The summed E-state index contributed by atoms with van der Waals surface area (Å²) in [5.74, 6) is 1.07. The number of hydrogen-bond acceptors (Lipinski definition) is 4. The van der Waals surface area contributed by atoms with Crippen LogP contribution in [0.1, 0.15) is 24.7 Å². The zero-order valence-electron chi connectivity index (χ0n) is 12.5. The predicted octanol–water partition coefficient (Wildman–Crippen LogP) is 2.83. The second-order valence-electron chi connectivity index (χ2n) is 5.07.